The number of rotatable bonds is 3. The first-order chi connectivity index (χ1) is 14.7. The number of aliphatic hydroxyl groups is 1. The average molecular weight is 449 g/mol. The number of cyclic esters (lactones) is 1. The number of allylic oxidation sites excluding steroid dienone is 1. The summed E-state index contributed by atoms with van der Waals surface area (Å²) in [7, 11) is 0. The lowest BCUT2D eigenvalue weighted by atomic mass is 9.78. The number of fused-ring (bicyclic) bond motifs is 2. The monoisotopic (exact) mass is 448 g/mol. The quantitative estimate of drug-likeness (QED) is 0.523. The molecule has 0 aromatic rings. The minimum atomic E-state index is -0.818. The molecule has 0 bridgehead atoms. The molecule has 4 heterocycles. The van der Waals surface area contributed by atoms with Crippen molar-refractivity contribution in [1.29, 1.82) is 0 Å². The van der Waals surface area contributed by atoms with Crippen molar-refractivity contribution in [1.82, 2.24) is 9.80 Å². The van der Waals surface area contributed by atoms with Gasteiger partial charge in [0.1, 0.15) is 6.04 Å². The van der Waals surface area contributed by atoms with Crippen molar-refractivity contribution < 1.29 is 24.2 Å². The zero-order valence-corrected chi connectivity index (χ0v) is 19.3. The highest BCUT2D eigenvalue weighted by Crippen LogP contribution is 2.60. The van der Waals surface area contributed by atoms with Crippen molar-refractivity contribution in [3.05, 3.63) is 24.3 Å². The Morgan fingerprint density at radius 2 is 2.00 bits per heavy atom. The number of nitrogens with zero attached hydrogens (tertiary/aromatic N) is 2. The van der Waals surface area contributed by atoms with Gasteiger partial charge in [-0.2, -0.15) is 0 Å². The SMILES string of the molecule is CC(C)(C)N1CC=C[C@]23S[C@H]4/C=C\CCCOC(=O)[C@H]4[C@H]2C(=O)N(CCCO)C3C1=O. The lowest BCUT2D eigenvalue weighted by molar-refractivity contribution is -0.153. The molecule has 1 N–H and O–H groups in total. The molecule has 1 unspecified atom stereocenters. The molecule has 7 nitrogen and oxygen atoms in total. The molecule has 4 rings (SSSR count). The van der Waals surface area contributed by atoms with Gasteiger partial charge in [0.05, 0.1) is 23.2 Å². The highest BCUT2D eigenvalue weighted by molar-refractivity contribution is 8.02. The maximum absolute atomic E-state index is 13.9. The van der Waals surface area contributed by atoms with Crippen LogP contribution in [0.2, 0.25) is 0 Å². The second-order valence-electron chi connectivity index (χ2n) is 9.71. The molecule has 1 spiro atoms. The van der Waals surface area contributed by atoms with Crippen LogP contribution in [-0.2, 0) is 19.1 Å². The van der Waals surface area contributed by atoms with Gasteiger partial charge in [0.2, 0.25) is 11.8 Å². The lowest BCUT2D eigenvalue weighted by Gasteiger charge is -2.40. The van der Waals surface area contributed by atoms with Crippen molar-refractivity contribution in [2.24, 2.45) is 11.8 Å². The minimum absolute atomic E-state index is 0.0643. The van der Waals surface area contributed by atoms with E-state index in [0.29, 0.717) is 26.1 Å². The summed E-state index contributed by atoms with van der Waals surface area (Å²) in [5, 5.41) is 9.20. The average Bonchev–Trinajstić information content (AvgIpc) is 3.10. The van der Waals surface area contributed by atoms with Crippen LogP contribution < -0.4 is 0 Å². The third kappa shape index (κ3) is 3.61. The third-order valence-corrected chi connectivity index (χ3v) is 8.46. The van der Waals surface area contributed by atoms with Crippen LogP contribution in [-0.4, -0.2) is 80.6 Å². The molecule has 2 amide bonds. The van der Waals surface area contributed by atoms with E-state index in [1.165, 1.54) is 0 Å². The zero-order valence-electron chi connectivity index (χ0n) is 18.5. The summed E-state index contributed by atoms with van der Waals surface area (Å²) >= 11 is 1.56. The summed E-state index contributed by atoms with van der Waals surface area (Å²) in [6.07, 6.45) is 10.1. The minimum Gasteiger partial charge on any atom is -0.465 e. The number of ether oxygens (including phenoxy) is 1. The summed E-state index contributed by atoms with van der Waals surface area (Å²) in [5.41, 5.74) is -0.404. The Morgan fingerprint density at radius 1 is 1.23 bits per heavy atom. The molecule has 4 aliphatic heterocycles. The Bertz CT molecular complexity index is 819. The van der Waals surface area contributed by atoms with E-state index >= 15 is 0 Å². The largest absolute Gasteiger partial charge is 0.465 e. The Kier molecular flexibility index (Phi) is 5.98. The van der Waals surface area contributed by atoms with Crippen molar-refractivity contribution in [2.75, 3.05) is 26.3 Å². The molecule has 170 valence electrons. The molecule has 0 aliphatic carbocycles. The normalized spacial score (nSPS) is 36.7. The number of carbonyl (C=O) groups excluding carboxylic acids is 3. The maximum atomic E-state index is 13.9. The van der Waals surface area contributed by atoms with E-state index in [1.54, 1.807) is 16.7 Å². The predicted octanol–water partition coefficient (Wildman–Crippen LogP) is 1.76. The summed E-state index contributed by atoms with van der Waals surface area (Å²) in [6.45, 7) is 7.00. The van der Waals surface area contributed by atoms with E-state index in [9.17, 15) is 19.5 Å². The first-order valence-corrected chi connectivity index (χ1v) is 12.0. The molecule has 5 atom stereocenters. The molecule has 0 aromatic carbocycles. The molecule has 4 aliphatic rings. The van der Waals surface area contributed by atoms with Crippen molar-refractivity contribution >= 4 is 29.5 Å². The number of amides is 2. The molecular formula is C23H32N2O5S. The van der Waals surface area contributed by atoms with Crippen LogP contribution in [0, 0.1) is 11.8 Å². The maximum Gasteiger partial charge on any atom is 0.311 e. The number of thioether (sulfide) groups is 1. The zero-order chi connectivity index (χ0) is 22.4. The molecule has 2 saturated heterocycles. The van der Waals surface area contributed by atoms with Gasteiger partial charge in [-0.15, -0.1) is 11.8 Å². The number of carbonyl (C=O) groups is 3. The topological polar surface area (TPSA) is 87.2 Å². The fourth-order valence-electron chi connectivity index (χ4n) is 5.34. The van der Waals surface area contributed by atoms with Crippen LogP contribution in [0.3, 0.4) is 0 Å². The fraction of sp³-hybridized carbons (Fsp3) is 0.696. The van der Waals surface area contributed by atoms with E-state index in [-0.39, 0.29) is 29.6 Å². The highest BCUT2D eigenvalue weighted by atomic mass is 32.2. The standard InChI is InChI=1S/C23H32N2O5S/c1-22(2,3)25-12-7-10-23-17(19(27)24(11-8-13-26)18(23)20(25)28)16-15(31-23)9-5-4-6-14-30-21(16)29/h5,7,9-10,15-18,26H,4,6,8,11-14H2,1-3H3/b9-5-/t15-,16+,17-,18?,23-/m0/s1. The van der Waals surface area contributed by atoms with E-state index in [1.807, 2.05) is 43.9 Å². The van der Waals surface area contributed by atoms with Gasteiger partial charge in [-0.25, -0.2) is 0 Å². The number of aliphatic hydroxyl groups excluding tert-OH is 1. The van der Waals surface area contributed by atoms with E-state index in [0.717, 1.165) is 12.8 Å². The molecular weight excluding hydrogens is 416 g/mol. The Labute approximate surface area is 187 Å². The van der Waals surface area contributed by atoms with Crippen molar-refractivity contribution in [3.8, 4) is 0 Å². The van der Waals surface area contributed by atoms with Gasteiger partial charge < -0.3 is 19.6 Å². The van der Waals surface area contributed by atoms with E-state index < -0.39 is 28.2 Å². The smallest absolute Gasteiger partial charge is 0.311 e. The number of hydrogen-bond acceptors (Lipinski definition) is 6. The fourth-order valence-corrected chi connectivity index (χ4v) is 7.34. The first kappa shape index (κ1) is 22.4. The van der Waals surface area contributed by atoms with Gasteiger partial charge in [-0.3, -0.25) is 14.4 Å². The number of esters is 1. The predicted molar refractivity (Wildman–Crippen MR) is 118 cm³/mol. The summed E-state index contributed by atoms with van der Waals surface area (Å²) in [6, 6.07) is -0.698. The van der Waals surface area contributed by atoms with Crippen molar-refractivity contribution in [2.45, 2.75) is 61.6 Å². The van der Waals surface area contributed by atoms with Gasteiger partial charge in [0.25, 0.3) is 0 Å². The highest BCUT2D eigenvalue weighted by Gasteiger charge is 2.71. The van der Waals surface area contributed by atoms with Crippen LogP contribution in [0.5, 0.6) is 0 Å². The van der Waals surface area contributed by atoms with Crippen LogP contribution in [0.15, 0.2) is 24.3 Å². The van der Waals surface area contributed by atoms with E-state index in [4.69, 9.17) is 4.74 Å². The molecule has 0 radical (unpaired) electrons. The third-order valence-electron chi connectivity index (χ3n) is 6.72. The summed E-state index contributed by atoms with van der Waals surface area (Å²) in [4.78, 5) is 44.1. The Morgan fingerprint density at radius 3 is 2.71 bits per heavy atom. The summed E-state index contributed by atoms with van der Waals surface area (Å²) in [5.74, 6) is -1.90. The second-order valence-corrected chi connectivity index (χ2v) is 11.2. The van der Waals surface area contributed by atoms with Crippen molar-refractivity contribution in [3.63, 3.8) is 0 Å². The van der Waals surface area contributed by atoms with Crippen LogP contribution in [0.4, 0.5) is 0 Å². The number of likely N-dealkylation sites (tertiary alicyclic amines) is 1. The van der Waals surface area contributed by atoms with Gasteiger partial charge >= 0.3 is 5.97 Å². The first-order valence-electron chi connectivity index (χ1n) is 11.1. The summed E-state index contributed by atoms with van der Waals surface area (Å²) < 4.78 is 4.72. The Hall–Kier alpha value is -1.80. The molecule has 0 aromatic heterocycles. The molecule has 2 fully saturated rings. The van der Waals surface area contributed by atoms with Gasteiger partial charge in [-0.05, 0) is 40.0 Å². The second kappa shape index (κ2) is 8.28. The Balaban J connectivity index is 1.82. The van der Waals surface area contributed by atoms with Gasteiger partial charge in [0, 0.05) is 30.5 Å². The van der Waals surface area contributed by atoms with Gasteiger partial charge in [0.15, 0.2) is 0 Å². The lowest BCUT2D eigenvalue weighted by Crippen LogP contribution is -2.57. The van der Waals surface area contributed by atoms with Crippen LogP contribution in [0.1, 0.15) is 40.0 Å². The molecule has 31 heavy (non-hydrogen) atoms. The van der Waals surface area contributed by atoms with Crippen LogP contribution in [0.25, 0.3) is 0 Å². The van der Waals surface area contributed by atoms with Crippen LogP contribution >= 0.6 is 11.8 Å². The molecule has 8 heteroatoms. The van der Waals surface area contributed by atoms with Gasteiger partial charge in [-0.1, -0.05) is 24.3 Å². The molecule has 0 saturated carbocycles. The van der Waals surface area contributed by atoms with E-state index in [2.05, 4.69) is 6.08 Å². The number of hydrogen-bond donors (Lipinski definition) is 1.